The standard InChI is InChI=1S/C21H27Cl2N5O4S.ClH/c1-26-15-20(24-25-26)33(30,31)28-10-8-27(9-11-28)21(6-12-32-13-7-21)5-4-19(29)17-3-2-16(22)14-18(17)23;/h2-3,14-15H,4-13H2,1H3;1H. The molecule has 188 valence electrons. The molecule has 3 heterocycles. The molecule has 0 aliphatic carbocycles. The third-order valence-electron chi connectivity index (χ3n) is 6.57. The highest BCUT2D eigenvalue weighted by Crippen LogP contribution is 2.35. The van der Waals surface area contributed by atoms with E-state index in [2.05, 4.69) is 15.2 Å². The Balaban J connectivity index is 0.00000324. The number of rotatable bonds is 7. The van der Waals surface area contributed by atoms with Crippen LogP contribution in [-0.4, -0.2) is 83.3 Å². The number of sulfonamides is 1. The highest BCUT2D eigenvalue weighted by molar-refractivity contribution is 7.89. The van der Waals surface area contributed by atoms with E-state index in [4.69, 9.17) is 27.9 Å². The van der Waals surface area contributed by atoms with E-state index < -0.39 is 10.0 Å². The molecule has 0 radical (unpaired) electrons. The Morgan fingerprint density at radius 2 is 1.82 bits per heavy atom. The van der Waals surface area contributed by atoms with Crippen molar-refractivity contribution in [2.75, 3.05) is 39.4 Å². The summed E-state index contributed by atoms with van der Waals surface area (Å²) in [5, 5.41) is 8.33. The van der Waals surface area contributed by atoms with E-state index in [1.807, 2.05) is 0 Å². The van der Waals surface area contributed by atoms with Gasteiger partial charge in [-0.05, 0) is 37.5 Å². The Kier molecular flexibility index (Phi) is 9.00. The number of piperazine rings is 1. The minimum absolute atomic E-state index is 0. The number of aromatic nitrogens is 3. The molecule has 2 saturated heterocycles. The molecule has 9 nitrogen and oxygen atoms in total. The van der Waals surface area contributed by atoms with Gasteiger partial charge in [0, 0.05) is 69.0 Å². The Labute approximate surface area is 215 Å². The molecule has 0 N–H and O–H groups in total. The van der Waals surface area contributed by atoms with Crippen LogP contribution in [0.2, 0.25) is 10.0 Å². The Morgan fingerprint density at radius 3 is 2.41 bits per heavy atom. The van der Waals surface area contributed by atoms with Gasteiger partial charge in [-0.25, -0.2) is 8.42 Å². The number of ether oxygens (including phenoxy) is 1. The van der Waals surface area contributed by atoms with Crippen molar-refractivity contribution >= 4 is 51.4 Å². The average Bonchev–Trinajstić information content (AvgIpc) is 3.25. The molecule has 13 heteroatoms. The molecule has 2 aliphatic heterocycles. The summed E-state index contributed by atoms with van der Waals surface area (Å²) in [7, 11) is -2.04. The molecular formula is C21H28Cl3N5O4S. The fraction of sp³-hybridized carbons (Fsp3) is 0.571. The number of hydrogen-bond acceptors (Lipinski definition) is 7. The monoisotopic (exact) mass is 551 g/mol. The molecule has 0 bridgehead atoms. The van der Waals surface area contributed by atoms with Gasteiger partial charge < -0.3 is 4.74 Å². The van der Waals surface area contributed by atoms with Crippen LogP contribution in [0.1, 0.15) is 36.0 Å². The van der Waals surface area contributed by atoms with Crippen LogP contribution in [0.15, 0.2) is 29.4 Å². The van der Waals surface area contributed by atoms with Crippen LogP contribution >= 0.6 is 35.6 Å². The minimum Gasteiger partial charge on any atom is -0.381 e. The molecule has 2 aromatic rings. The lowest BCUT2D eigenvalue weighted by atomic mass is 9.82. The summed E-state index contributed by atoms with van der Waals surface area (Å²) in [5.41, 5.74) is 0.262. The van der Waals surface area contributed by atoms with Crippen LogP contribution in [0.4, 0.5) is 0 Å². The van der Waals surface area contributed by atoms with Crippen LogP contribution in [0.25, 0.3) is 0 Å². The molecule has 0 spiro atoms. The number of benzene rings is 1. The number of hydrogen-bond donors (Lipinski definition) is 0. The van der Waals surface area contributed by atoms with Gasteiger partial charge in [0.1, 0.15) is 0 Å². The molecule has 0 unspecified atom stereocenters. The van der Waals surface area contributed by atoms with Crippen LogP contribution < -0.4 is 0 Å². The van der Waals surface area contributed by atoms with Gasteiger partial charge in [0.25, 0.3) is 10.0 Å². The molecule has 1 aromatic heterocycles. The van der Waals surface area contributed by atoms with Gasteiger partial charge in [-0.3, -0.25) is 14.4 Å². The Hall–Kier alpha value is -1.27. The van der Waals surface area contributed by atoms with Crippen LogP contribution in [0.3, 0.4) is 0 Å². The van der Waals surface area contributed by atoms with Gasteiger partial charge in [-0.2, -0.15) is 4.31 Å². The van der Waals surface area contributed by atoms with Crippen molar-refractivity contribution in [3.05, 3.63) is 40.0 Å². The highest BCUT2D eigenvalue weighted by Gasteiger charge is 2.42. The normalized spacial score (nSPS) is 19.5. The maximum absolute atomic E-state index is 12.9. The number of aryl methyl sites for hydroxylation is 1. The van der Waals surface area contributed by atoms with Gasteiger partial charge in [0.15, 0.2) is 5.78 Å². The van der Waals surface area contributed by atoms with Gasteiger partial charge in [0.2, 0.25) is 5.03 Å². The van der Waals surface area contributed by atoms with Crippen molar-refractivity contribution in [3.8, 4) is 0 Å². The molecule has 2 fully saturated rings. The van der Waals surface area contributed by atoms with Gasteiger partial charge in [-0.1, -0.05) is 28.4 Å². The van der Waals surface area contributed by atoms with Gasteiger partial charge >= 0.3 is 0 Å². The zero-order chi connectivity index (χ0) is 23.6. The minimum atomic E-state index is -3.68. The maximum atomic E-state index is 12.9. The smallest absolute Gasteiger partial charge is 0.264 e. The molecular weight excluding hydrogens is 525 g/mol. The summed E-state index contributed by atoms with van der Waals surface area (Å²) in [5.74, 6) is -0.0219. The van der Waals surface area contributed by atoms with Crippen molar-refractivity contribution in [2.24, 2.45) is 7.05 Å². The lowest BCUT2D eigenvalue weighted by molar-refractivity contribution is -0.0445. The lowest BCUT2D eigenvalue weighted by Gasteiger charge is -2.49. The van der Waals surface area contributed by atoms with E-state index >= 15 is 0 Å². The topological polar surface area (TPSA) is 97.6 Å². The maximum Gasteiger partial charge on any atom is 0.264 e. The van der Waals surface area contributed by atoms with Gasteiger partial charge in [0.05, 0.1) is 11.2 Å². The number of Topliss-reactive ketones (excluding diaryl/α,β-unsaturated/α-hetero) is 1. The molecule has 0 amide bonds. The zero-order valence-corrected chi connectivity index (χ0v) is 22.0. The summed E-state index contributed by atoms with van der Waals surface area (Å²) in [6.45, 7) is 3.11. The fourth-order valence-corrected chi connectivity index (χ4v) is 6.50. The Morgan fingerprint density at radius 1 is 1.15 bits per heavy atom. The zero-order valence-electron chi connectivity index (χ0n) is 18.8. The first-order valence-corrected chi connectivity index (χ1v) is 13.1. The van der Waals surface area contributed by atoms with Crippen molar-refractivity contribution in [1.82, 2.24) is 24.2 Å². The summed E-state index contributed by atoms with van der Waals surface area (Å²) < 4.78 is 34.2. The Bertz CT molecular complexity index is 1110. The molecule has 34 heavy (non-hydrogen) atoms. The molecule has 2 aliphatic rings. The van der Waals surface area contributed by atoms with Gasteiger partial charge in [-0.15, -0.1) is 17.5 Å². The number of carbonyl (C=O) groups excluding carboxylic acids is 1. The highest BCUT2D eigenvalue weighted by atomic mass is 35.5. The second-order valence-corrected chi connectivity index (χ2v) is 11.2. The van der Waals surface area contributed by atoms with Crippen LogP contribution in [0.5, 0.6) is 0 Å². The summed E-state index contributed by atoms with van der Waals surface area (Å²) in [4.78, 5) is 15.2. The SMILES string of the molecule is Cl.Cn1cc(S(=O)(=O)N2CCN(C3(CCC(=O)c4ccc(Cl)cc4Cl)CCOCC3)CC2)nn1. The number of ketones is 1. The van der Waals surface area contributed by atoms with E-state index in [0.717, 1.165) is 12.8 Å². The second-order valence-electron chi connectivity index (χ2n) is 8.51. The average molecular weight is 553 g/mol. The number of halogens is 3. The largest absolute Gasteiger partial charge is 0.381 e. The van der Waals surface area contributed by atoms with E-state index in [0.29, 0.717) is 67.8 Å². The molecule has 4 rings (SSSR count). The lowest BCUT2D eigenvalue weighted by Crippen LogP contribution is -2.59. The summed E-state index contributed by atoms with van der Waals surface area (Å²) in [6.07, 6.45) is 4.01. The first-order chi connectivity index (χ1) is 15.7. The summed E-state index contributed by atoms with van der Waals surface area (Å²) in [6, 6.07) is 4.92. The fourth-order valence-electron chi connectivity index (χ4n) is 4.65. The van der Waals surface area contributed by atoms with Crippen LogP contribution in [0, 0.1) is 0 Å². The quantitative estimate of drug-likeness (QED) is 0.487. The van der Waals surface area contributed by atoms with E-state index in [-0.39, 0.29) is 28.8 Å². The van der Waals surface area contributed by atoms with E-state index in [9.17, 15) is 13.2 Å². The van der Waals surface area contributed by atoms with Crippen molar-refractivity contribution in [3.63, 3.8) is 0 Å². The molecule has 0 atom stereocenters. The summed E-state index contributed by atoms with van der Waals surface area (Å²) >= 11 is 12.2. The first-order valence-electron chi connectivity index (χ1n) is 10.9. The molecule has 1 aromatic carbocycles. The van der Waals surface area contributed by atoms with Crippen molar-refractivity contribution < 1.29 is 17.9 Å². The third-order valence-corrected chi connectivity index (χ3v) is 8.88. The van der Waals surface area contributed by atoms with Crippen molar-refractivity contribution in [2.45, 2.75) is 36.2 Å². The van der Waals surface area contributed by atoms with Crippen molar-refractivity contribution in [1.29, 1.82) is 0 Å². The predicted molar refractivity (Wildman–Crippen MR) is 131 cm³/mol. The van der Waals surface area contributed by atoms with Crippen LogP contribution in [-0.2, 0) is 21.8 Å². The van der Waals surface area contributed by atoms with E-state index in [1.54, 1.807) is 25.2 Å². The third kappa shape index (κ3) is 5.75. The molecule has 0 saturated carbocycles. The number of nitrogens with zero attached hydrogens (tertiary/aromatic N) is 5. The van der Waals surface area contributed by atoms with E-state index in [1.165, 1.54) is 15.2 Å². The first kappa shape index (κ1) is 27.3. The second kappa shape index (κ2) is 11.2. The predicted octanol–water partition coefficient (Wildman–Crippen LogP) is 3.06. The number of carbonyl (C=O) groups is 1.